The van der Waals surface area contributed by atoms with Gasteiger partial charge >= 0.3 is 7.82 Å². The molecule has 0 aliphatic rings. The number of hydrogen-bond donors (Lipinski definition) is 3. The standard InChI is InChI=1S/C58H115N2O6P/c1-6-8-10-12-14-16-18-20-22-23-24-25-26-27-28-29-30-31-32-33-34-35-36-37-38-39-41-43-45-47-49-51-57(61)56(55-66-67(63,64)65-54-53-60(3,4)5)59-58(62)52-50-48-46-44-42-40-21-19-17-15-13-11-9-7-2/h41,43,49,51,56-57,61H,6-40,42,44-48,50,52-55H2,1-5H3,(H-,59,62,63,64)/p+1/b43-41+,51-49+. The van der Waals surface area contributed by atoms with Crippen molar-refractivity contribution in [3.05, 3.63) is 24.3 Å². The number of carbonyl (C=O) groups excluding carboxylic acids is 1. The molecule has 0 fully saturated rings. The predicted molar refractivity (Wildman–Crippen MR) is 291 cm³/mol. The maximum Gasteiger partial charge on any atom is 0.472 e. The summed E-state index contributed by atoms with van der Waals surface area (Å²) in [5.74, 6) is -0.183. The maximum atomic E-state index is 12.9. The van der Waals surface area contributed by atoms with Crippen LogP contribution in [0.15, 0.2) is 24.3 Å². The Morgan fingerprint density at radius 1 is 0.493 bits per heavy atom. The third kappa shape index (κ3) is 52.6. The molecule has 0 bridgehead atoms. The fourth-order valence-electron chi connectivity index (χ4n) is 8.83. The molecule has 1 amide bonds. The van der Waals surface area contributed by atoms with Gasteiger partial charge in [0.05, 0.1) is 39.9 Å². The van der Waals surface area contributed by atoms with Crippen LogP contribution in [0.2, 0.25) is 0 Å². The van der Waals surface area contributed by atoms with Crippen LogP contribution in [0.3, 0.4) is 0 Å². The Morgan fingerprint density at radius 2 is 0.821 bits per heavy atom. The average molecular weight is 969 g/mol. The van der Waals surface area contributed by atoms with E-state index in [9.17, 15) is 19.4 Å². The molecule has 0 saturated carbocycles. The van der Waals surface area contributed by atoms with Crippen molar-refractivity contribution >= 4 is 13.7 Å². The third-order valence-electron chi connectivity index (χ3n) is 13.4. The number of allylic oxidation sites excluding steroid dienone is 3. The van der Waals surface area contributed by atoms with E-state index in [-0.39, 0.29) is 19.1 Å². The van der Waals surface area contributed by atoms with E-state index >= 15 is 0 Å². The summed E-state index contributed by atoms with van der Waals surface area (Å²) in [7, 11) is 1.57. The molecule has 0 spiro atoms. The van der Waals surface area contributed by atoms with Crippen LogP contribution in [0, 0.1) is 0 Å². The molecule has 3 unspecified atom stereocenters. The van der Waals surface area contributed by atoms with Crippen LogP contribution in [-0.4, -0.2) is 73.4 Å². The summed E-state index contributed by atoms with van der Waals surface area (Å²) < 4.78 is 23.7. The Hall–Kier alpha value is -1.02. The Morgan fingerprint density at radius 3 is 1.19 bits per heavy atom. The Bertz CT molecular complexity index is 1140. The van der Waals surface area contributed by atoms with Crippen LogP contribution in [-0.2, 0) is 18.4 Å². The number of carbonyl (C=O) groups is 1. The molecule has 0 rings (SSSR count). The van der Waals surface area contributed by atoms with E-state index in [1.807, 2.05) is 27.2 Å². The zero-order valence-corrected chi connectivity index (χ0v) is 46.3. The molecule has 0 saturated heterocycles. The minimum absolute atomic E-state index is 0.0586. The van der Waals surface area contributed by atoms with Gasteiger partial charge in [-0.25, -0.2) is 4.57 Å². The normalized spacial score (nSPS) is 14.1. The summed E-state index contributed by atoms with van der Waals surface area (Å²) in [6.07, 6.45) is 63.0. The molecule has 0 aliphatic heterocycles. The number of aliphatic hydroxyl groups is 1. The predicted octanol–water partition coefficient (Wildman–Crippen LogP) is 17.6. The van der Waals surface area contributed by atoms with Gasteiger partial charge < -0.3 is 19.8 Å². The molecule has 0 heterocycles. The lowest BCUT2D eigenvalue weighted by Crippen LogP contribution is -2.45. The van der Waals surface area contributed by atoms with Crippen molar-refractivity contribution in [2.24, 2.45) is 0 Å². The van der Waals surface area contributed by atoms with Gasteiger partial charge in [-0.2, -0.15) is 0 Å². The highest BCUT2D eigenvalue weighted by atomic mass is 31.2. The minimum atomic E-state index is -4.35. The van der Waals surface area contributed by atoms with Crippen LogP contribution in [0.25, 0.3) is 0 Å². The highest BCUT2D eigenvalue weighted by Crippen LogP contribution is 2.43. The van der Waals surface area contributed by atoms with Gasteiger partial charge in [-0.05, 0) is 32.1 Å². The quantitative estimate of drug-likeness (QED) is 0.0243. The van der Waals surface area contributed by atoms with Gasteiger partial charge in [0.25, 0.3) is 0 Å². The van der Waals surface area contributed by atoms with Crippen LogP contribution < -0.4 is 5.32 Å². The van der Waals surface area contributed by atoms with Crippen LogP contribution in [0.1, 0.15) is 290 Å². The van der Waals surface area contributed by atoms with E-state index in [2.05, 4.69) is 31.3 Å². The molecular formula is C58H116N2O6P+. The fraction of sp³-hybridized carbons (Fsp3) is 0.914. The first kappa shape index (κ1) is 66.0. The number of phosphoric ester groups is 1. The molecule has 0 radical (unpaired) electrons. The summed E-state index contributed by atoms with van der Waals surface area (Å²) in [4.78, 5) is 23.2. The van der Waals surface area contributed by atoms with Crippen LogP contribution in [0.4, 0.5) is 0 Å². The Labute approximate surface area is 417 Å². The summed E-state index contributed by atoms with van der Waals surface area (Å²) >= 11 is 0. The topological polar surface area (TPSA) is 105 Å². The van der Waals surface area contributed by atoms with Gasteiger partial charge in [0.2, 0.25) is 5.91 Å². The largest absolute Gasteiger partial charge is 0.472 e. The zero-order valence-electron chi connectivity index (χ0n) is 45.4. The molecule has 0 aliphatic carbocycles. The first-order valence-corrected chi connectivity index (χ1v) is 30.7. The monoisotopic (exact) mass is 968 g/mol. The van der Waals surface area contributed by atoms with Crippen LogP contribution in [0.5, 0.6) is 0 Å². The first-order chi connectivity index (χ1) is 32.5. The van der Waals surface area contributed by atoms with Crippen molar-refractivity contribution in [3.63, 3.8) is 0 Å². The van der Waals surface area contributed by atoms with Gasteiger partial charge in [0.1, 0.15) is 13.2 Å². The summed E-state index contributed by atoms with van der Waals surface area (Å²) in [6.45, 7) is 4.83. The highest BCUT2D eigenvalue weighted by Gasteiger charge is 2.27. The molecule has 3 N–H and O–H groups in total. The Kier molecular flexibility index (Phi) is 49.2. The van der Waals surface area contributed by atoms with Crippen molar-refractivity contribution in [1.82, 2.24) is 5.32 Å². The molecule has 0 aromatic rings. The number of phosphoric acid groups is 1. The summed E-state index contributed by atoms with van der Waals surface area (Å²) in [5, 5.41) is 13.9. The molecule has 0 aromatic heterocycles. The van der Waals surface area contributed by atoms with Gasteiger partial charge in [-0.15, -0.1) is 0 Å². The number of aliphatic hydroxyl groups excluding tert-OH is 1. The van der Waals surface area contributed by atoms with Crippen molar-refractivity contribution in [1.29, 1.82) is 0 Å². The van der Waals surface area contributed by atoms with E-state index < -0.39 is 20.0 Å². The number of amides is 1. The van der Waals surface area contributed by atoms with Crippen LogP contribution >= 0.6 is 7.82 Å². The number of unbranched alkanes of at least 4 members (excludes halogenated alkanes) is 39. The van der Waals surface area contributed by atoms with E-state index in [4.69, 9.17) is 9.05 Å². The van der Waals surface area contributed by atoms with E-state index in [1.54, 1.807) is 6.08 Å². The first-order valence-electron chi connectivity index (χ1n) is 29.2. The molecule has 3 atom stereocenters. The smallest absolute Gasteiger partial charge is 0.387 e. The van der Waals surface area contributed by atoms with Gasteiger partial charge in [0.15, 0.2) is 0 Å². The second-order valence-corrected chi connectivity index (χ2v) is 22.8. The molecule has 398 valence electrons. The summed E-state index contributed by atoms with van der Waals surface area (Å²) in [6, 6.07) is -0.859. The number of quaternary nitrogens is 1. The van der Waals surface area contributed by atoms with Crippen molar-refractivity contribution < 1.29 is 32.9 Å². The lowest BCUT2D eigenvalue weighted by molar-refractivity contribution is -0.870. The Balaban J connectivity index is 4.11. The fourth-order valence-corrected chi connectivity index (χ4v) is 9.56. The number of likely N-dealkylation sites (N-methyl/N-ethyl adjacent to an activating group) is 1. The van der Waals surface area contributed by atoms with Crippen molar-refractivity contribution in [2.45, 2.75) is 302 Å². The number of nitrogens with zero attached hydrogens (tertiary/aromatic N) is 1. The number of hydrogen-bond acceptors (Lipinski definition) is 5. The highest BCUT2D eigenvalue weighted by molar-refractivity contribution is 7.47. The molecular weight excluding hydrogens is 852 g/mol. The zero-order chi connectivity index (χ0) is 49.2. The van der Waals surface area contributed by atoms with E-state index in [1.165, 1.54) is 231 Å². The van der Waals surface area contributed by atoms with Gasteiger partial charge in [0, 0.05) is 6.42 Å². The van der Waals surface area contributed by atoms with E-state index in [0.29, 0.717) is 17.4 Å². The van der Waals surface area contributed by atoms with Gasteiger partial charge in [-0.1, -0.05) is 276 Å². The number of nitrogens with one attached hydrogen (secondary N) is 1. The maximum absolute atomic E-state index is 12.9. The number of rotatable bonds is 54. The lowest BCUT2D eigenvalue weighted by Gasteiger charge is -2.25. The van der Waals surface area contributed by atoms with Crippen molar-refractivity contribution in [2.75, 3.05) is 40.9 Å². The van der Waals surface area contributed by atoms with E-state index in [0.717, 1.165) is 38.5 Å². The van der Waals surface area contributed by atoms with Crippen molar-refractivity contribution in [3.8, 4) is 0 Å². The van der Waals surface area contributed by atoms with Gasteiger partial charge in [-0.3, -0.25) is 13.8 Å². The third-order valence-corrected chi connectivity index (χ3v) is 14.4. The molecule has 8 nitrogen and oxygen atoms in total. The summed E-state index contributed by atoms with van der Waals surface area (Å²) in [5.41, 5.74) is 0. The minimum Gasteiger partial charge on any atom is -0.387 e. The average Bonchev–Trinajstić information content (AvgIpc) is 3.29. The molecule has 9 heteroatoms. The molecule has 0 aromatic carbocycles. The SMILES string of the molecule is CCCCCCCCCCCCCCCCCCCCCCCCCCC/C=C/CC/C=C/C(O)C(COP(=O)(O)OCC[N+](C)(C)C)NC(=O)CCCCCCCCCCCCCCCC. The lowest BCUT2D eigenvalue weighted by atomic mass is 10.0. The second-order valence-electron chi connectivity index (χ2n) is 21.4. The molecule has 67 heavy (non-hydrogen) atoms. The second kappa shape index (κ2) is 49.9.